The molecule has 1 saturated heterocycles. The maximum Gasteiger partial charge on any atom is 0.0231 e. The average molecular weight is 146 g/mol. The van der Waals surface area contributed by atoms with Gasteiger partial charge in [-0.1, -0.05) is 18.4 Å². The maximum absolute atomic E-state index is 5.34. The van der Waals surface area contributed by atoms with Gasteiger partial charge < -0.3 is 5.32 Å². The zero-order chi connectivity index (χ0) is 6.53. The summed E-state index contributed by atoms with van der Waals surface area (Å²) in [6.07, 6.45) is 4.02. The van der Waals surface area contributed by atoms with Gasteiger partial charge in [-0.3, -0.25) is 5.14 Å². The quantitative estimate of drug-likeness (QED) is 0.564. The van der Waals surface area contributed by atoms with Gasteiger partial charge in [-0.15, -0.1) is 0 Å². The van der Waals surface area contributed by atoms with Crippen molar-refractivity contribution in [1.29, 1.82) is 0 Å². The summed E-state index contributed by atoms with van der Waals surface area (Å²) in [7, 11) is 0. The molecule has 54 valence electrons. The molecule has 0 aromatic rings. The van der Waals surface area contributed by atoms with Crippen LogP contribution in [0.3, 0.4) is 0 Å². The molecule has 1 aliphatic rings. The molecule has 0 amide bonds. The van der Waals surface area contributed by atoms with Crippen molar-refractivity contribution < 1.29 is 0 Å². The molecule has 1 heterocycles. The first-order chi connectivity index (χ1) is 4.43. The fraction of sp³-hybridized carbons (Fsp3) is 1.00. The Morgan fingerprint density at radius 2 is 2.44 bits per heavy atom. The molecule has 0 spiro atoms. The summed E-state index contributed by atoms with van der Waals surface area (Å²) in [5.41, 5.74) is 0. The van der Waals surface area contributed by atoms with Crippen LogP contribution in [-0.4, -0.2) is 18.3 Å². The van der Waals surface area contributed by atoms with Crippen LogP contribution < -0.4 is 10.5 Å². The Balaban J connectivity index is 2.08. The molecule has 2 nitrogen and oxygen atoms in total. The van der Waals surface area contributed by atoms with Crippen molar-refractivity contribution in [1.82, 2.24) is 5.32 Å². The largest absolute Gasteiger partial charge is 0.313 e. The Hall–Kier alpha value is 0.270. The summed E-state index contributed by atoms with van der Waals surface area (Å²) < 4.78 is 0. The zero-order valence-electron chi connectivity index (χ0n) is 5.60. The fourth-order valence-corrected chi connectivity index (χ4v) is 1.70. The maximum atomic E-state index is 5.34. The van der Waals surface area contributed by atoms with Crippen molar-refractivity contribution in [2.45, 2.75) is 25.3 Å². The van der Waals surface area contributed by atoms with E-state index in [9.17, 15) is 0 Å². The monoisotopic (exact) mass is 146 g/mol. The highest BCUT2D eigenvalue weighted by atomic mass is 32.2. The van der Waals surface area contributed by atoms with Crippen LogP contribution in [-0.2, 0) is 0 Å². The van der Waals surface area contributed by atoms with Crippen molar-refractivity contribution in [3.63, 3.8) is 0 Å². The molecule has 0 aromatic heterocycles. The lowest BCUT2D eigenvalue weighted by atomic mass is 10.1. The smallest absolute Gasteiger partial charge is 0.0231 e. The average Bonchev–Trinajstić information content (AvgIpc) is 1.91. The van der Waals surface area contributed by atoms with E-state index in [2.05, 4.69) is 5.32 Å². The number of hydrogen-bond acceptors (Lipinski definition) is 3. The molecule has 0 radical (unpaired) electrons. The van der Waals surface area contributed by atoms with Crippen molar-refractivity contribution in [2.75, 3.05) is 12.3 Å². The van der Waals surface area contributed by atoms with Crippen LogP contribution in [0.4, 0.5) is 0 Å². The molecule has 1 aliphatic heterocycles. The van der Waals surface area contributed by atoms with Gasteiger partial charge in [0.15, 0.2) is 0 Å². The lowest BCUT2D eigenvalue weighted by Gasteiger charge is -2.21. The third-order valence-electron chi connectivity index (χ3n) is 1.71. The van der Waals surface area contributed by atoms with Gasteiger partial charge in [0.1, 0.15) is 0 Å². The molecule has 1 fully saturated rings. The standard InChI is InChI=1S/C6H14N2S/c7-9-5-6-3-1-2-4-8-6/h6,8H,1-5,7H2. The second kappa shape index (κ2) is 4.14. The van der Waals surface area contributed by atoms with Crippen molar-refractivity contribution in [3.05, 3.63) is 0 Å². The van der Waals surface area contributed by atoms with Gasteiger partial charge in [0.05, 0.1) is 0 Å². The second-order valence-electron chi connectivity index (χ2n) is 2.48. The van der Waals surface area contributed by atoms with E-state index < -0.39 is 0 Å². The van der Waals surface area contributed by atoms with Gasteiger partial charge in [0.25, 0.3) is 0 Å². The van der Waals surface area contributed by atoms with E-state index in [-0.39, 0.29) is 0 Å². The molecule has 3 heteroatoms. The molecular weight excluding hydrogens is 132 g/mol. The Bertz CT molecular complexity index is 68.7. The minimum atomic E-state index is 0.689. The minimum absolute atomic E-state index is 0.689. The highest BCUT2D eigenvalue weighted by Gasteiger charge is 2.10. The summed E-state index contributed by atoms with van der Waals surface area (Å²) in [5, 5.41) is 8.76. The predicted octanol–water partition coefficient (Wildman–Crippen LogP) is 0.735. The van der Waals surface area contributed by atoms with Crippen LogP contribution >= 0.6 is 11.9 Å². The number of hydrogen-bond donors (Lipinski definition) is 2. The molecule has 0 bridgehead atoms. The first-order valence-corrected chi connectivity index (χ1v) is 4.53. The topological polar surface area (TPSA) is 38.0 Å². The molecule has 0 saturated carbocycles. The molecule has 1 unspecified atom stereocenters. The SMILES string of the molecule is NSCC1CCCCN1. The Kier molecular flexibility index (Phi) is 3.40. The lowest BCUT2D eigenvalue weighted by Crippen LogP contribution is -2.36. The van der Waals surface area contributed by atoms with Gasteiger partial charge in [-0.25, -0.2) is 0 Å². The van der Waals surface area contributed by atoms with Crippen molar-refractivity contribution in [3.8, 4) is 0 Å². The van der Waals surface area contributed by atoms with Crippen molar-refractivity contribution >= 4 is 11.9 Å². The summed E-state index contributed by atoms with van der Waals surface area (Å²) in [5.74, 6) is 1.07. The Morgan fingerprint density at radius 3 is 3.00 bits per heavy atom. The lowest BCUT2D eigenvalue weighted by molar-refractivity contribution is 0.430. The van der Waals surface area contributed by atoms with Gasteiger partial charge in [-0.05, 0) is 19.4 Å². The van der Waals surface area contributed by atoms with E-state index in [1.54, 1.807) is 0 Å². The van der Waals surface area contributed by atoms with Gasteiger partial charge >= 0.3 is 0 Å². The van der Waals surface area contributed by atoms with E-state index in [0.29, 0.717) is 6.04 Å². The highest BCUT2D eigenvalue weighted by molar-refractivity contribution is 7.97. The molecule has 9 heavy (non-hydrogen) atoms. The number of nitrogens with two attached hydrogens (primary N) is 1. The van der Waals surface area contributed by atoms with Gasteiger partial charge in [0, 0.05) is 11.8 Å². The van der Waals surface area contributed by atoms with Crippen molar-refractivity contribution in [2.24, 2.45) is 5.14 Å². The van der Waals surface area contributed by atoms with E-state index >= 15 is 0 Å². The zero-order valence-corrected chi connectivity index (χ0v) is 6.41. The highest BCUT2D eigenvalue weighted by Crippen LogP contribution is 2.08. The summed E-state index contributed by atoms with van der Waals surface area (Å²) in [6, 6.07) is 0.689. The first kappa shape index (κ1) is 7.38. The molecular formula is C6H14N2S. The third kappa shape index (κ3) is 2.56. The van der Waals surface area contributed by atoms with E-state index in [0.717, 1.165) is 5.75 Å². The summed E-state index contributed by atoms with van der Waals surface area (Å²) in [6.45, 7) is 1.19. The van der Waals surface area contributed by atoms with Crippen LogP contribution in [0.1, 0.15) is 19.3 Å². The number of nitrogens with one attached hydrogen (secondary N) is 1. The van der Waals surface area contributed by atoms with E-state index in [1.807, 2.05) is 0 Å². The fourth-order valence-electron chi connectivity index (χ4n) is 1.18. The molecule has 3 N–H and O–H groups in total. The predicted molar refractivity (Wildman–Crippen MR) is 42.3 cm³/mol. The van der Waals surface area contributed by atoms with Gasteiger partial charge in [0.2, 0.25) is 0 Å². The summed E-state index contributed by atoms with van der Waals surface area (Å²) >= 11 is 1.45. The van der Waals surface area contributed by atoms with Gasteiger partial charge in [-0.2, -0.15) is 0 Å². The third-order valence-corrected chi connectivity index (χ3v) is 2.30. The van der Waals surface area contributed by atoms with E-state index in [1.165, 1.54) is 37.8 Å². The molecule has 1 atom stereocenters. The second-order valence-corrected chi connectivity index (χ2v) is 3.15. The molecule has 0 aromatic carbocycles. The number of rotatable bonds is 2. The van der Waals surface area contributed by atoms with Crippen LogP contribution in [0.5, 0.6) is 0 Å². The minimum Gasteiger partial charge on any atom is -0.313 e. The molecule has 1 rings (SSSR count). The van der Waals surface area contributed by atoms with Crippen LogP contribution in [0.25, 0.3) is 0 Å². The first-order valence-electron chi connectivity index (χ1n) is 3.48. The summed E-state index contributed by atoms with van der Waals surface area (Å²) in [4.78, 5) is 0. The number of piperidine rings is 1. The Morgan fingerprint density at radius 1 is 1.56 bits per heavy atom. The Labute approximate surface area is 60.7 Å². The van der Waals surface area contributed by atoms with Crippen LogP contribution in [0, 0.1) is 0 Å². The van der Waals surface area contributed by atoms with E-state index in [4.69, 9.17) is 5.14 Å². The normalized spacial score (nSPS) is 28.3. The van der Waals surface area contributed by atoms with Crippen LogP contribution in [0.15, 0.2) is 0 Å². The van der Waals surface area contributed by atoms with Crippen LogP contribution in [0.2, 0.25) is 0 Å². The molecule has 0 aliphatic carbocycles.